The van der Waals surface area contributed by atoms with E-state index < -0.39 is 12.1 Å². The third-order valence-corrected chi connectivity index (χ3v) is 3.07. The highest BCUT2D eigenvalue weighted by atomic mass is 16.5. The molecule has 1 heterocycles. The Labute approximate surface area is 105 Å². The molecule has 18 heavy (non-hydrogen) atoms. The summed E-state index contributed by atoms with van der Waals surface area (Å²) in [6, 6.07) is 8.58. The molecule has 1 aromatic carbocycles. The van der Waals surface area contributed by atoms with Gasteiger partial charge >= 0.3 is 12.1 Å². The average molecular weight is 249 g/mol. The number of hydrogen-bond donors (Lipinski definition) is 1. The van der Waals surface area contributed by atoms with Gasteiger partial charge < -0.3 is 14.7 Å². The number of carbonyl (C=O) groups is 2. The van der Waals surface area contributed by atoms with Gasteiger partial charge in [-0.15, -0.1) is 0 Å². The largest absolute Gasteiger partial charge is 0.465 e. The highest BCUT2D eigenvalue weighted by Crippen LogP contribution is 2.21. The first kappa shape index (κ1) is 12.4. The van der Waals surface area contributed by atoms with E-state index in [1.165, 1.54) is 4.90 Å². The Balaban J connectivity index is 1.96. The van der Waals surface area contributed by atoms with Crippen molar-refractivity contribution in [2.24, 2.45) is 0 Å². The fourth-order valence-electron chi connectivity index (χ4n) is 2.13. The van der Waals surface area contributed by atoms with Gasteiger partial charge in [-0.1, -0.05) is 18.2 Å². The van der Waals surface area contributed by atoms with Crippen LogP contribution in [-0.2, 0) is 4.74 Å². The summed E-state index contributed by atoms with van der Waals surface area (Å²) in [5.41, 5.74) is 0.485. The molecule has 0 saturated carbocycles. The summed E-state index contributed by atoms with van der Waals surface area (Å²) in [7, 11) is 0. The van der Waals surface area contributed by atoms with Crippen LogP contribution in [-0.4, -0.2) is 40.8 Å². The smallest absolute Gasteiger partial charge is 0.407 e. The summed E-state index contributed by atoms with van der Waals surface area (Å²) in [5.74, 6) is -0.403. The van der Waals surface area contributed by atoms with E-state index in [0.29, 0.717) is 12.0 Å². The second-order valence-corrected chi connectivity index (χ2v) is 4.41. The van der Waals surface area contributed by atoms with Crippen molar-refractivity contribution >= 4 is 12.1 Å². The van der Waals surface area contributed by atoms with Crippen molar-refractivity contribution in [2.75, 3.05) is 6.54 Å². The average Bonchev–Trinajstić information content (AvgIpc) is 2.71. The van der Waals surface area contributed by atoms with Gasteiger partial charge in [0.25, 0.3) is 0 Å². The van der Waals surface area contributed by atoms with Crippen LogP contribution in [0.2, 0.25) is 0 Å². The molecule has 0 unspecified atom stereocenters. The number of hydrogen-bond acceptors (Lipinski definition) is 3. The van der Waals surface area contributed by atoms with E-state index in [0.717, 1.165) is 0 Å². The molecule has 1 saturated heterocycles. The molecule has 96 valence electrons. The number of carboxylic acid groups (broad SMARTS) is 1. The van der Waals surface area contributed by atoms with E-state index in [1.54, 1.807) is 24.3 Å². The Hall–Kier alpha value is -2.04. The third kappa shape index (κ3) is 2.61. The van der Waals surface area contributed by atoms with Gasteiger partial charge in [0.1, 0.15) is 6.10 Å². The number of ether oxygens (including phenoxy) is 1. The van der Waals surface area contributed by atoms with Gasteiger partial charge in [-0.2, -0.15) is 0 Å². The second-order valence-electron chi connectivity index (χ2n) is 4.41. The van der Waals surface area contributed by atoms with E-state index in [4.69, 9.17) is 9.84 Å². The Kier molecular flexibility index (Phi) is 3.50. The number of benzene rings is 1. The maximum Gasteiger partial charge on any atom is 0.407 e. The molecule has 1 aliphatic heterocycles. The monoisotopic (exact) mass is 249 g/mol. The molecule has 1 amide bonds. The van der Waals surface area contributed by atoms with Crippen LogP contribution in [0.25, 0.3) is 0 Å². The van der Waals surface area contributed by atoms with Crippen LogP contribution in [0.3, 0.4) is 0 Å². The summed E-state index contributed by atoms with van der Waals surface area (Å²) in [6.45, 7) is 2.06. The molecule has 1 aliphatic rings. The van der Waals surface area contributed by atoms with Crippen molar-refractivity contribution in [3.63, 3.8) is 0 Å². The van der Waals surface area contributed by atoms with Gasteiger partial charge in [-0.3, -0.25) is 0 Å². The zero-order chi connectivity index (χ0) is 13.1. The first-order chi connectivity index (χ1) is 8.58. The highest BCUT2D eigenvalue weighted by Gasteiger charge is 2.34. The SMILES string of the molecule is C[C@H]1C[C@H](OC(=O)c2ccccc2)CN1C(=O)O. The molecule has 1 aromatic rings. The zero-order valence-corrected chi connectivity index (χ0v) is 10.1. The van der Waals surface area contributed by atoms with Gasteiger partial charge in [0, 0.05) is 12.5 Å². The Morgan fingerprint density at radius 1 is 1.33 bits per heavy atom. The van der Waals surface area contributed by atoms with E-state index in [9.17, 15) is 9.59 Å². The highest BCUT2D eigenvalue weighted by molar-refractivity contribution is 5.89. The molecular formula is C13H15NO4. The number of nitrogens with zero attached hydrogens (tertiary/aromatic N) is 1. The number of esters is 1. The van der Waals surface area contributed by atoms with Gasteiger partial charge in [0.05, 0.1) is 12.1 Å². The van der Waals surface area contributed by atoms with Crippen LogP contribution in [0.5, 0.6) is 0 Å². The van der Waals surface area contributed by atoms with Crippen molar-refractivity contribution < 1.29 is 19.4 Å². The molecule has 0 aromatic heterocycles. The van der Waals surface area contributed by atoms with E-state index in [1.807, 2.05) is 13.0 Å². The minimum absolute atomic E-state index is 0.115. The Morgan fingerprint density at radius 2 is 2.00 bits per heavy atom. The molecule has 5 heteroatoms. The Bertz CT molecular complexity index is 446. The summed E-state index contributed by atoms with van der Waals surface area (Å²) in [6.07, 6.45) is -0.783. The molecule has 0 aliphatic carbocycles. The lowest BCUT2D eigenvalue weighted by molar-refractivity contribution is 0.0321. The van der Waals surface area contributed by atoms with Crippen LogP contribution in [0.1, 0.15) is 23.7 Å². The quantitative estimate of drug-likeness (QED) is 0.814. The van der Waals surface area contributed by atoms with Crippen molar-refractivity contribution in [2.45, 2.75) is 25.5 Å². The molecular weight excluding hydrogens is 234 g/mol. The number of carbonyl (C=O) groups excluding carboxylic acids is 1. The van der Waals surface area contributed by atoms with Gasteiger partial charge in [-0.25, -0.2) is 9.59 Å². The van der Waals surface area contributed by atoms with Crippen LogP contribution >= 0.6 is 0 Å². The number of rotatable bonds is 2. The van der Waals surface area contributed by atoms with Crippen LogP contribution in [0.15, 0.2) is 30.3 Å². The fraction of sp³-hybridized carbons (Fsp3) is 0.385. The molecule has 1 fully saturated rings. The van der Waals surface area contributed by atoms with Crippen molar-refractivity contribution in [1.29, 1.82) is 0 Å². The number of amides is 1. The summed E-state index contributed by atoms with van der Waals surface area (Å²) < 4.78 is 5.30. The summed E-state index contributed by atoms with van der Waals surface area (Å²) >= 11 is 0. The fourth-order valence-corrected chi connectivity index (χ4v) is 2.13. The standard InChI is InChI=1S/C13H15NO4/c1-9-7-11(8-14(9)13(16)17)18-12(15)10-5-3-2-4-6-10/h2-6,9,11H,7-8H2,1H3,(H,16,17)/t9-,11-/m0/s1. The molecule has 0 spiro atoms. The maximum absolute atomic E-state index is 11.8. The molecule has 0 radical (unpaired) electrons. The number of likely N-dealkylation sites (tertiary alicyclic amines) is 1. The zero-order valence-electron chi connectivity index (χ0n) is 10.1. The summed E-state index contributed by atoms with van der Waals surface area (Å²) in [4.78, 5) is 24.0. The van der Waals surface area contributed by atoms with Gasteiger partial charge in [-0.05, 0) is 19.1 Å². The van der Waals surface area contributed by atoms with Gasteiger partial charge in [0.2, 0.25) is 0 Å². The van der Waals surface area contributed by atoms with Crippen LogP contribution in [0.4, 0.5) is 4.79 Å². The molecule has 2 rings (SSSR count). The first-order valence-electron chi connectivity index (χ1n) is 5.83. The third-order valence-electron chi connectivity index (χ3n) is 3.07. The Morgan fingerprint density at radius 3 is 2.56 bits per heavy atom. The predicted molar refractivity (Wildman–Crippen MR) is 64.5 cm³/mol. The normalized spacial score (nSPS) is 22.8. The minimum atomic E-state index is -0.972. The summed E-state index contributed by atoms with van der Waals surface area (Å²) in [5, 5.41) is 8.94. The molecule has 2 atom stereocenters. The van der Waals surface area contributed by atoms with Crippen molar-refractivity contribution in [1.82, 2.24) is 4.90 Å². The van der Waals surface area contributed by atoms with E-state index in [2.05, 4.69) is 0 Å². The molecule has 0 bridgehead atoms. The van der Waals surface area contributed by atoms with Gasteiger partial charge in [0.15, 0.2) is 0 Å². The van der Waals surface area contributed by atoms with Crippen LogP contribution < -0.4 is 0 Å². The van der Waals surface area contributed by atoms with E-state index >= 15 is 0 Å². The topological polar surface area (TPSA) is 66.8 Å². The second kappa shape index (κ2) is 5.08. The maximum atomic E-state index is 11.8. The lowest BCUT2D eigenvalue weighted by atomic mass is 10.2. The first-order valence-corrected chi connectivity index (χ1v) is 5.83. The van der Waals surface area contributed by atoms with E-state index in [-0.39, 0.29) is 18.7 Å². The lowest BCUT2D eigenvalue weighted by Gasteiger charge is -2.16. The van der Waals surface area contributed by atoms with Crippen molar-refractivity contribution in [3.8, 4) is 0 Å². The predicted octanol–water partition coefficient (Wildman–Crippen LogP) is 1.98. The minimum Gasteiger partial charge on any atom is -0.465 e. The van der Waals surface area contributed by atoms with Crippen LogP contribution in [0, 0.1) is 0 Å². The lowest BCUT2D eigenvalue weighted by Crippen LogP contribution is -2.33. The molecule has 1 N–H and O–H groups in total. The molecule has 5 nitrogen and oxygen atoms in total. The van der Waals surface area contributed by atoms with Crippen molar-refractivity contribution in [3.05, 3.63) is 35.9 Å².